The number of pyridine rings is 1. The van der Waals surface area contributed by atoms with E-state index < -0.39 is 6.04 Å². The van der Waals surface area contributed by atoms with E-state index in [1.54, 1.807) is 48.2 Å². The smallest absolute Gasteiger partial charge is 0.259 e. The summed E-state index contributed by atoms with van der Waals surface area (Å²) in [7, 11) is 1.79. The van der Waals surface area contributed by atoms with Crippen LogP contribution in [-0.2, 0) is 4.79 Å². The number of amides is 2. The van der Waals surface area contributed by atoms with Crippen LogP contribution in [0.5, 0.6) is 5.88 Å². The number of halogens is 1. The summed E-state index contributed by atoms with van der Waals surface area (Å²) < 4.78 is 20.0. The number of rotatable bonds is 6. The molecule has 3 atom stereocenters. The van der Waals surface area contributed by atoms with Gasteiger partial charge in [-0.15, -0.1) is 0 Å². The molecule has 0 unspecified atom stereocenters. The molecular weight excluding hydrogens is 437 g/mol. The Bertz CT molecular complexity index is 1060. The molecule has 1 aromatic carbocycles. The van der Waals surface area contributed by atoms with Gasteiger partial charge in [0, 0.05) is 37.2 Å². The van der Waals surface area contributed by atoms with Crippen LogP contribution in [-0.4, -0.2) is 70.6 Å². The lowest BCUT2D eigenvalue weighted by Crippen LogP contribution is -2.51. The molecule has 8 heteroatoms. The van der Waals surface area contributed by atoms with Gasteiger partial charge < -0.3 is 19.6 Å². The largest absolute Gasteiger partial charge is 0.472 e. The molecule has 2 amide bonds. The van der Waals surface area contributed by atoms with Gasteiger partial charge >= 0.3 is 0 Å². The molecule has 1 N–H and O–H groups in total. The number of carbonyl (C=O) groups excluding carboxylic acids is 2. The quantitative estimate of drug-likeness (QED) is 0.702. The topological polar surface area (TPSA) is 83.0 Å². The van der Waals surface area contributed by atoms with Crippen molar-refractivity contribution in [2.45, 2.75) is 45.3 Å². The van der Waals surface area contributed by atoms with Crippen LogP contribution in [0.15, 0.2) is 36.5 Å². The molecule has 0 bridgehead atoms. The maximum Gasteiger partial charge on any atom is 0.259 e. The molecular formula is C26H32FN3O4. The molecule has 182 valence electrons. The van der Waals surface area contributed by atoms with E-state index in [1.165, 1.54) is 12.1 Å². The van der Waals surface area contributed by atoms with Crippen LogP contribution in [0.4, 0.5) is 4.39 Å². The van der Waals surface area contributed by atoms with Gasteiger partial charge in [-0.2, -0.15) is 0 Å². The van der Waals surface area contributed by atoms with E-state index in [2.05, 4.69) is 4.98 Å². The molecule has 4 rings (SSSR count). The van der Waals surface area contributed by atoms with Gasteiger partial charge in [-0.05, 0) is 43.5 Å². The molecule has 1 fully saturated rings. The highest BCUT2D eigenvalue weighted by atomic mass is 19.1. The number of aromatic nitrogens is 1. The zero-order chi connectivity index (χ0) is 24.4. The maximum absolute atomic E-state index is 13.8. The first kappa shape index (κ1) is 24.1. The molecule has 1 aromatic heterocycles. The first-order chi connectivity index (χ1) is 16.3. The predicted octanol–water partition coefficient (Wildman–Crippen LogP) is 3.37. The molecule has 0 saturated heterocycles. The summed E-state index contributed by atoms with van der Waals surface area (Å²) in [6.07, 6.45) is 4.11. The molecule has 2 aromatic rings. The van der Waals surface area contributed by atoms with Crippen molar-refractivity contribution >= 4 is 11.8 Å². The number of likely N-dealkylation sites (N-methyl/N-ethyl adjacent to an activating group) is 1. The van der Waals surface area contributed by atoms with Gasteiger partial charge in [-0.1, -0.05) is 25.5 Å². The minimum atomic E-state index is -0.409. The molecule has 0 spiro atoms. The predicted molar refractivity (Wildman–Crippen MR) is 126 cm³/mol. The number of hydrogen-bond donors (Lipinski definition) is 1. The SMILES string of the molecule is C[C@@H]1CN([C@H](C)CO)C(=O)c2cc(-c3cccc(F)c3)cnc2O[C@H]1CN(C)C(=O)C1CCC1. The lowest BCUT2D eigenvalue weighted by molar-refractivity contribution is -0.138. The highest BCUT2D eigenvalue weighted by Gasteiger charge is 2.36. The monoisotopic (exact) mass is 469 g/mol. The summed E-state index contributed by atoms with van der Waals surface area (Å²) >= 11 is 0. The van der Waals surface area contributed by atoms with Crippen molar-refractivity contribution in [1.82, 2.24) is 14.8 Å². The molecule has 7 nitrogen and oxygen atoms in total. The lowest BCUT2D eigenvalue weighted by Gasteiger charge is -2.38. The van der Waals surface area contributed by atoms with Gasteiger partial charge in [-0.25, -0.2) is 9.37 Å². The molecule has 2 aliphatic rings. The Morgan fingerprint density at radius 1 is 1.32 bits per heavy atom. The third kappa shape index (κ3) is 4.92. The lowest BCUT2D eigenvalue weighted by atomic mass is 9.84. The number of benzene rings is 1. The Kier molecular flexibility index (Phi) is 7.16. The summed E-state index contributed by atoms with van der Waals surface area (Å²) in [5.74, 6) is -0.397. The van der Waals surface area contributed by atoms with Gasteiger partial charge in [0.2, 0.25) is 11.8 Å². The van der Waals surface area contributed by atoms with Gasteiger partial charge in [0.15, 0.2) is 0 Å². The van der Waals surface area contributed by atoms with E-state index in [-0.39, 0.29) is 53.6 Å². The van der Waals surface area contributed by atoms with Crippen LogP contribution >= 0.6 is 0 Å². The average molecular weight is 470 g/mol. The summed E-state index contributed by atoms with van der Waals surface area (Å²) in [6, 6.07) is 7.35. The van der Waals surface area contributed by atoms with Crippen LogP contribution in [0.3, 0.4) is 0 Å². The Hall–Kier alpha value is -3.00. The van der Waals surface area contributed by atoms with E-state index >= 15 is 0 Å². The number of hydrogen-bond acceptors (Lipinski definition) is 5. The Morgan fingerprint density at radius 3 is 2.74 bits per heavy atom. The maximum atomic E-state index is 13.8. The van der Waals surface area contributed by atoms with Crippen molar-refractivity contribution in [2.24, 2.45) is 11.8 Å². The summed E-state index contributed by atoms with van der Waals surface area (Å²) in [5, 5.41) is 9.81. The van der Waals surface area contributed by atoms with Crippen molar-refractivity contribution in [3.8, 4) is 17.0 Å². The summed E-state index contributed by atoms with van der Waals surface area (Å²) in [5.41, 5.74) is 1.45. The van der Waals surface area contributed by atoms with E-state index in [1.807, 2.05) is 6.92 Å². The molecule has 0 radical (unpaired) electrons. The third-order valence-electron chi connectivity index (χ3n) is 6.96. The van der Waals surface area contributed by atoms with Crippen LogP contribution in [0, 0.1) is 17.7 Å². The van der Waals surface area contributed by atoms with Gasteiger partial charge in [0.05, 0.1) is 19.2 Å². The number of aliphatic hydroxyl groups is 1. The molecule has 1 saturated carbocycles. The summed E-state index contributed by atoms with van der Waals surface area (Å²) in [4.78, 5) is 34.0. The second-order valence-electron chi connectivity index (χ2n) is 9.56. The van der Waals surface area contributed by atoms with Gasteiger partial charge in [-0.3, -0.25) is 9.59 Å². The highest BCUT2D eigenvalue weighted by molar-refractivity contribution is 5.98. The number of fused-ring (bicyclic) bond motifs is 1. The van der Waals surface area contributed by atoms with Crippen LogP contribution < -0.4 is 4.74 Å². The number of aliphatic hydroxyl groups excluding tert-OH is 1. The highest BCUT2D eigenvalue weighted by Crippen LogP contribution is 2.32. The molecule has 1 aliphatic heterocycles. The van der Waals surface area contributed by atoms with E-state index in [4.69, 9.17) is 4.74 Å². The molecule has 34 heavy (non-hydrogen) atoms. The second kappa shape index (κ2) is 10.1. The fourth-order valence-corrected chi connectivity index (χ4v) is 4.47. The average Bonchev–Trinajstić information content (AvgIpc) is 2.79. The minimum absolute atomic E-state index is 0.0839. The van der Waals surface area contributed by atoms with Crippen LogP contribution in [0.25, 0.3) is 11.1 Å². The van der Waals surface area contributed by atoms with E-state index in [0.29, 0.717) is 24.2 Å². The molecule has 1 aliphatic carbocycles. The normalized spacial score (nSPS) is 21.6. The standard InChI is InChI=1S/C26H32FN3O4/c1-16-13-30(17(2)15-31)26(33)22-11-20(19-8-5-9-21(27)10-19)12-28-24(22)34-23(16)14-29(3)25(32)18-6-4-7-18/h5,8-12,16-18,23,31H,4,6-7,13-15H2,1-3H3/t16-,17-,23+/m1/s1. The van der Waals surface area contributed by atoms with Crippen LogP contribution in [0.1, 0.15) is 43.5 Å². The van der Waals surface area contributed by atoms with Gasteiger partial charge in [0.25, 0.3) is 5.91 Å². The number of carbonyl (C=O) groups is 2. The first-order valence-electron chi connectivity index (χ1n) is 11.9. The Morgan fingerprint density at radius 2 is 2.09 bits per heavy atom. The van der Waals surface area contributed by atoms with Crippen molar-refractivity contribution in [2.75, 3.05) is 26.7 Å². The fraction of sp³-hybridized carbons (Fsp3) is 0.500. The number of ether oxygens (including phenoxy) is 1. The molecule has 2 heterocycles. The van der Waals surface area contributed by atoms with Crippen molar-refractivity contribution in [3.63, 3.8) is 0 Å². The number of nitrogens with zero attached hydrogens (tertiary/aromatic N) is 3. The van der Waals surface area contributed by atoms with Crippen molar-refractivity contribution in [3.05, 3.63) is 47.9 Å². The fourth-order valence-electron chi connectivity index (χ4n) is 4.47. The Labute approximate surface area is 199 Å². The van der Waals surface area contributed by atoms with Crippen LogP contribution in [0.2, 0.25) is 0 Å². The second-order valence-corrected chi connectivity index (χ2v) is 9.56. The van der Waals surface area contributed by atoms with Crippen molar-refractivity contribution in [1.29, 1.82) is 0 Å². The summed E-state index contributed by atoms with van der Waals surface area (Å²) in [6.45, 7) is 4.32. The Balaban J connectivity index is 1.68. The third-order valence-corrected chi connectivity index (χ3v) is 6.96. The van der Waals surface area contributed by atoms with Crippen molar-refractivity contribution < 1.29 is 23.8 Å². The first-order valence-corrected chi connectivity index (χ1v) is 11.9. The zero-order valence-electron chi connectivity index (χ0n) is 19.9. The van der Waals surface area contributed by atoms with E-state index in [9.17, 15) is 19.1 Å². The zero-order valence-corrected chi connectivity index (χ0v) is 19.9. The minimum Gasteiger partial charge on any atom is -0.472 e. The van der Waals surface area contributed by atoms with Gasteiger partial charge in [0.1, 0.15) is 17.5 Å². The van der Waals surface area contributed by atoms with E-state index in [0.717, 1.165) is 19.3 Å².